The lowest BCUT2D eigenvalue weighted by molar-refractivity contribution is 0.448. The molecule has 0 rings (SSSR count). The van der Waals surface area contributed by atoms with Crippen LogP contribution in [-0.4, -0.2) is 30.6 Å². The van der Waals surface area contributed by atoms with Gasteiger partial charge in [-0.15, -0.1) is 0 Å². The summed E-state index contributed by atoms with van der Waals surface area (Å²) in [7, 11) is 4.12. The van der Waals surface area contributed by atoms with E-state index >= 15 is 0 Å². The van der Waals surface area contributed by atoms with Gasteiger partial charge in [0.15, 0.2) is 0 Å². The standard InChI is InChI=1S/C34H72N2S2/c1-4-6-8-10-12-14-15-16-17-18-19-21-23-25-27-34(31-35)28-30-37-38-32-33(3)36-29-26-24-22-20-13-11-9-7-5-2/h33-34,36H,4-32,35H2,1-3H3. The van der Waals surface area contributed by atoms with E-state index in [0.29, 0.717) is 6.04 Å². The van der Waals surface area contributed by atoms with Crippen LogP contribution in [0.2, 0.25) is 0 Å². The minimum absolute atomic E-state index is 0.627. The topological polar surface area (TPSA) is 38.0 Å². The lowest BCUT2D eigenvalue weighted by Crippen LogP contribution is -2.28. The van der Waals surface area contributed by atoms with Crippen molar-refractivity contribution in [1.82, 2.24) is 5.32 Å². The average molecular weight is 573 g/mol. The van der Waals surface area contributed by atoms with Gasteiger partial charge < -0.3 is 11.1 Å². The van der Waals surface area contributed by atoms with E-state index in [4.69, 9.17) is 5.73 Å². The first-order valence-electron chi connectivity index (χ1n) is 17.4. The summed E-state index contributed by atoms with van der Waals surface area (Å²) in [4.78, 5) is 0. The molecule has 0 aliphatic heterocycles. The zero-order chi connectivity index (χ0) is 27.8. The highest BCUT2D eigenvalue weighted by Gasteiger charge is 2.08. The summed E-state index contributed by atoms with van der Waals surface area (Å²) < 4.78 is 0. The van der Waals surface area contributed by atoms with E-state index in [1.165, 1.54) is 179 Å². The Labute approximate surface area is 249 Å². The zero-order valence-corrected chi connectivity index (χ0v) is 28.2. The molecular formula is C34H72N2S2. The number of nitrogens with one attached hydrogen (secondary N) is 1. The summed E-state index contributed by atoms with van der Waals surface area (Å²) in [5.74, 6) is 3.22. The van der Waals surface area contributed by atoms with Crippen molar-refractivity contribution >= 4 is 21.6 Å². The van der Waals surface area contributed by atoms with Gasteiger partial charge >= 0.3 is 0 Å². The third kappa shape index (κ3) is 31.2. The molecule has 4 heteroatoms. The van der Waals surface area contributed by atoms with Crippen LogP contribution in [0.5, 0.6) is 0 Å². The van der Waals surface area contributed by atoms with Gasteiger partial charge in [-0.2, -0.15) is 0 Å². The van der Waals surface area contributed by atoms with Crippen molar-refractivity contribution < 1.29 is 0 Å². The molecule has 0 amide bonds. The van der Waals surface area contributed by atoms with Crippen LogP contribution in [0, 0.1) is 5.92 Å². The third-order valence-electron chi connectivity index (χ3n) is 8.08. The van der Waals surface area contributed by atoms with Crippen LogP contribution >= 0.6 is 21.6 Å². The molecule has 0 saturated heterocycles. The number of rotatable bonds is 33. The lowest BCUT2D eigenvalue weighted by atomic mass is 9.98. The van der Waals surface area contributed by atoms with Gasteiger partial charge in [-0.25, -0.2) is 0 Å². The van der Waals surface area contributed by atoms with E-state index in [2.05, 4.69) is 47.7 Å². The number of unbranched alkanes of at least 4 members (excludes halogenated alkanes) is 21. The number of hydrogen-bond acceptors (Lipinski definition) is 4. The Morgan fingerprint density at radius 3 is 1.39 bits per heavy atom. The van der Waals surface area contributed by atoms with Crippen LogP contribution in [0.4, 0.5) is 0 Å². The molecule has 0 spiro atoms. The molecule has 0 aliphatic carbocycles. The second-order valence-corrected chi connectivity index (χ2v) is 14.7. The van der Waals surface area contributed by atoms with Crippen LogP contribution < -0.4 is 11.1 Å². The maximum absolute atomic E-state index is 6.09. The van der Waals surface area contributed by atoms with Crippen molar-refractivity contribution in [3.05, 3.63) is 0 Å². The molecule has 0 bridgehead atoms. The Hall–Kier alpha value is 0.620. The van der Waals surface area contributed by atoms with Crippen molar-refractivity contribution in [2.24, 2.45) is 11.7 Å². The van der Waals surface area contributed by atoms with Crippen molar-refractivity contribution in [3.63, 3.8) is 0 Å². The minimum atomic E-state index is 0.627. The summed E-state index contributed by atoms with van der Waals surface area (Å²) in [6.07, 6.45) is 35.5. The summed E-state index contributed by atoms with van der Waals surface area (Å²) in [5, 5.41) is 3.73. The minimum Gasteiger partial charge on any atom is -0.330 e. The van der Waals surface area contributed by atoms with Crippen molar-refractivity contribution in [2.75, 3.05) is 24.6 Å². The molecule has 0 aromatic heterocycles. The van der Waals surface area contributed by atoms with Gasteiger partial charge in [0.1, 0.15) is 0 Å². The lowest BCUT2D eigenvalue weighted by Gasteiger charge is -2.15. The molecule has 0 fully saturated rings. The van der Waals surface area contributed by atoms with Crippen molar-refractivity contribution in [2.45, 2.75) is 187 Å². The van der Waals surface area contributed by atoms with Gasteiger partial charge in [0, 0.05) is 17.5 Å². The van der Waals surface area contributed by atoms with Crippen LogP contribution in [0.1, 0.15) is 181 Å². The second-order valence-electron chi connectivity index (χ2n) is 12.1. The number of hydrogen-bond donors (Lipinski definition) is 2. The van der Waals surface area contributed by atoms with Crippen LogP contribution in [0.3, 0.4) is 0 Å². The fourth-order valence-electron chi connectivity index (χ4n) is 5.27. The van der Waals surface area contributed by atoms with Gasteiger partial charge in [-0.05, 0) is 45.2 Å². The summed E-state index contributed by atoms with van der Waals surface area (Å²) in [6.45, 7) is 9.01. The predicted molar refractivity (Wildman–Crippen MR) is 182 cm³/mol. The SMILES string of the molecule is CCCCCCCCCCCCCCCCC(CN)CCSSCC(C)NCCCCCCCCCCC. The molecule has 0 heterocycles. The highest BCUT2D eigenvalue weighted by molar-refractivity contribution is 8.76. The number of nitrogens with two attached hydrogens (primary N) is 1. The molecule has 0 aromatic rings. The van der Waals surface area contributed by atoms with E-state index in [9.17, 15) is 0 Å². The summed E-state index contributed by atoms with van der Waals surface area (Å²) in [5.41, 5.74) is 6.09. The molecule has 3 N–H and O–H groups in total. The van der Waals surface area contributed by atoms with Crippen LogP contribution in [0.25, 0.3) is 0 Å². The largest absolute Gasteiger partial charge is 0.330 e. The van der Waals surface area contributed by atoms with Crippen molar-refractivity contribution in [1.29, 1.82) is 0 Å². The Morgan fingerprint density at radius 2 is 0.947 bits per heavy atom. The highest BCUT2D eigenvalue weighted by atomic mass is 33.1. The average Bonchev–Trinajstić information content (AvgIpc) is 2.92. The fourth-order valence-corrected chi connectivity index (χ4v) is 7.78. The first-order chi connectivity index (χ1) is 18.7. The molecule has 230 valence electrons. The monoisotopic (exact) mass is 573 g/mol. The molecule has 0 saturated carbocycles. The Morgan fingerprint density at radius 1 is 0.526 bits per heavy atom. The molecular weight excluding hydrogens is 501 g/mol. The molecule has 2 unspecified atom stereocenters. The van der Waals surface area contributed by atoms with Gasteiger partial charge in [0.05, 0.1) is 0 Å². The van der Waals surface area contributed by atoms with E-state index < -0.39 is 0 Å². The maximum Gasteiger partial charge on any atom is 0.0188 e. The molecule has 2 nitrogen and oxygen atoms in total. The second kappa shape index (κ2) is 33.8. The van der Waals surface area contributed by atoms with Crippen molar-refractivity contribution in [3.8, 4) is 0 Å². The smallest absolute Gasteiger partial charge is 0.0188 e. The van der Waals surface area contributed by atoms with E-state index in [1.54, 1.807) is 0 Å². The van der Waals surface area contributed by atoms with E-state index in [-0.39, 0.29) is 0 Å². The fraction of sp³-hybridized carbons (Fsp3) is 1.00. The van der Waals surface area contributed by atoms with Gasteiger partial charge in [0.25, 0.3) is 0 Å². The Balaban J connectivity index is 3.37. The first-order valence-corrected chi connectivity index (χ1v) is 19.9. The summed E-state index contributed by atoms with van der Waals surface area (Å²) in [6, 6.07) is 0.627. The molecule has 38 heavy (non-hydrogen) atoms. The van der Waals surface area contributed by atoms with E-state index in [0.717, 1.165) is 12.5 Å². The maximum atomic E-state index is 6.09. The van der Waals surface area contributed by atoms with Gasteiger partial charge in [-0.1, -0.05) is 177 Å². The Bertz CT molecular complexity index is 421. The normalized spacial score (nSPS) is 13.3. The zero-order valence-electron chi connectivity index (χ0n) is 26.6. The van der Waals surface area contributed by atoms with Gasteiger partial charge in [0.2, 0.25) is 0 Å². The van der Waals surface area contributed by atoms with Crippen LogP contribution in [-0.2, 0) is 0 Å². The molecule has 0 radical (unpaired) electrons. The van der Waals surface area contributed by atoms with Crippen LogP contribution in [0.15, 0.2) is 0 Å². The molecule has 0 aliphatic rings. The predicted octanol–water partition coefficient (Wildman–Crippen LogP) is 11.7. The molecule has 2 atom stereocenters. The first kappa shape index (κ1) is 38.6. The third-order valence-corrected chi connectivity index (χ3v) is 10.7. The molecule has 0 aromatic carbocycles. The quantitative estimate of drug-likeness (QED) is 0.0605. The van der Waals surface area contributed by atoms with E-state index in [1.807, 2.05) is 0 Å². The van der Waals surface area contributed by atoms with Gasteiger partial charge in [-0.3, -0.25) is 0 Å². The highest BCUT2D eigenvalue weighted by Crippen LogP contribution is 2.26. The summed E-state index contributed by atoms with van der Waals surface area (Å²) >= 11 is 0. The Kier molecular flexibility index (Phi) is 34.4.